The molecule has 3 aliphatic heterocycles. The quantitative estimate of drug-likeness (QED) is 0.343. The Bertz CT molecular complexity index is 1720. The molecule has 1 amide bonds. The van der Waals surface area contributed by atoms with Gasteiger partial charge in [0.25, 0.3) is 5.91 Å². The number of halogens is 1. The lowest BCUT2D eigenvalue weighted by Crippen LogP contribution is -2.31. The van der Waals surface area contributed by atoms with Crippen LogP contribution in [0.3, 0.4) is 0 Å². The van der Waals surface area contributed by atoms with Crippen molar-refractivity contribution in [1.82, 2.24) is 24.8 Å². The summed E-state index contributed by atoms with van der Waals surface area (Å²) >= 11 is 7.13. The molecule has 9 nitrogen and oxygen atoms in total. The van der Waals surface area contributed by atoms with Crippen LogP contribution < -0.4 is 15.0 Å². The van der Waals surface area contributed by atoms with Gasteiger partial charge in [-0.25, -0.2) is 9.97 Å². The van der Waals surface area contributed by atoms with Gasteiger partial charge < -0.3 is 24.6 Å². The van der Waals surface area contributed by atoms with E-state index in [0.717, 1.165) is 82.9 Å². The van der Waals surface area contributed by atoms with E-state index in [2.05, 4.69) is 16.3 Å². The highest BCUT2D eigenvalue weighted by atomic mass is 35.5. The molecule has 2 N–H and O–H groups in total. The molecule has 43 heavy (non-hydrogen) atoms. The molecule has 1 fully saturated rings. The Morgan fingerprint density at radius 2 is 1.88 bits per heavy atom. The molecular formula is C33H35ClN6O3. The summed E-state index contributed by atoms with van der Waals surface area (Å²) in [5, 5.41) is 13.9. The number of carbonyl (C=O) groups is 1. The Labute approximate surface area is 256 Å². The number of aliphatic hydroxyl groups excluding tert-OH is 1. The van der Waals surface area contributed by atoms with Gasteiger partial charge in [-0.3, -0.25) is 9.69 Å². The third-order valence-electron chi connectivity index (χ3n) is 8.93. The van der Waals surface area contributed by atoms with Crippen molar-refractivity contribution in [2.45, 2.75) is 38.5 Å². The minimum Gasteiger partial charge on any atom is -0.481 e. The number of anilines is 1. The van der Waals surface area contributed by atoms with Crippen LogP contribution >= 0.6 is 11.6 Å². The zero-order valence-electron chi connectivity index (χ0n) is 24.4. The van der Waals surface area contributed by atoms with Crippen LogP contribution in [0.15, 0.2) is 48.5 Å². The maximum atomic E-state index is 13.8. The Morgan fingerprint density at radius 3 is 2.67 bits per heavy atom. The van der Waals surface area contributed by atoms with Gasteiger partial charge in [-0.05, 0) is 36.1 Å². The van der Waals surface area contributed by atoms with Crippen LogP contribution in [0.25, 0.3) is 22.4 Å². The number of methoxy groups -OCH3 is 1. The van der Waals surface area contributed by atoms with Crippen molar-refractivity contribution < 1.29 is 14.6 Å². The first-order valence-electron chi connectivity index (χ1n) is 14.9. The van der Waals surface area contributed by atoms with E-state index in [9.17, 15) is 9.90 Å². The second-order valence-electron chi connectivity index (χ2n) is 11.5. The first-order valence-corrected chi connectivity index (χ1v) is 15.2. The molecule has 222 valence electrons. The minimum atomic E-state index is -0.276. The molecule has 0 spiro atoms. The second-order valence-corrected chi connectivity index (χ2v) is 11.9. The standard InChI is InChI=1S/C33H35ClN6O3/c1-38-29-11-14-35-17-27(29)36-31(38)33(42)40-16-13-23-22(5-4-8-28(23)40)24-6-3-7-25(30(24)34)26-10-9-20(32(37-26)43-2)18-39-15-12-21(41)19-39/h3-10,21,35,41H,11-19H2,1-2H3/t21-/m1/s1. The van der Waals surface area contributed by atoms with Crippen LogP contribution in [0, 0.1) is 0 Å². The van der Waals surface area contributed by atoms with E-state index in [4.69, 9.17) is 26.3 Å². The summed E-state index contributed by atoms with van der Waals surface area (Å²) in [5.41, 5.74) is 8.53. The van der Waals surface area contributed by atoms with Crippen LogP contribution in [-0.4, -0.2) is 69.8 Å². The van der Waals surface area contributed by atoms with Crippen LogP contribution in [0.5, 0.6) is 5.88 Å². The molecule has 0 aliphatic carbocycles. The zero-order chi connectivity index (χ0) is 29.7. The number of imidazole rings is 1. The zero-order valence-corrected chi connectivity index (χ0v) is 25.2. The summed E-state index contributed by atoms with van der Waals surface area (Å²) in [6.45, 7) is 4.36. The van der Waals surface area contributed by atoms with Crippen LogP contribution in [0.2, 0.25) is 5.02 Å². The maximum absolute atomic E-state index is 13.8. The number of carbonyl (C=O) groups excluding carboxylic acids is 1. The van der Waals surface area contributed by atoms with E-state index < -0.39 is 0 Å². The second kappa shape index (κ2) is 11.4. The number of β-amino-alcohol motifs (C(OH)–C–C–N with tert-alkyl or cyclic N) is 1. The number of aromatic nitrogens is 3. The molecular weight excluding hydrogens is 564 g/mol. The van der Waals surface area contributed by atoms with Gasteiger partial charge in [0.05, 0.1) is 29.6 Å². The SMILES string of the molecule is COc1nc(-c2cccc(-c3cccc4c3CCN4C(=O)c3nc4c(n3C)CCNC4)c2Cl)ccc1CN1CC[C@@H](O)C1. The topological polar surface area (TPSA) is 95.8 Å². The average molecular weight is 599 g/mol. The van der Waals surface area contributed by atoms with Crippen molar-refractivity contribution in [3.8, 4) is 28.3 Å². The number of rotatable bonds is 6. The van der Waals surface area contributed by atoms with Crippen LogP contribution in [0.4, 0.5) is 5.69 Å². The molecule has 10 heteroatoms. The van der Waals surface area contributed by atoms with Gasteiger partial charge >= 0.3 is 0 Å². The number of benzene rings is 2. The molecule has 1 saturated heterocycles. The molecule has 2 aromatic heterocycles. The van der Waals surface area contributed by atoms with E-state index in [0.29, 0.717) is 42.9 Å². The molecule has 2 aromatic carbocycles. The molecule has 5 heterocycles. The number of likely N-dealkylation sites (tertiary alicyclic amines) is 1. The fourth-order valence-corrected chi connectivity index (χ4v) is 7.04. The number of nitrogens with zero attached hydrogens (tertiary/aromatic N) is 5. The van der Waals surface area contributed by atoms with Gasteiger partial charge in [-0.15, -0.1) is 0 Å². The summed E-state index contributed by atoms with van der Waals surface area (Å²) < 4.78 is 7.63. The van der Waals surface area contributed by atoms with Gasteiger partial charge in [0, 0.05) is 80.8 Å². The lowest BCUT2D eigenvalue weighted by atomic mass is 9.95. The summed E-state index contributed by atoms with van der Waals surface area (Å²) in [7, 11) is 3.57. The van der Waals surface area contributed by atoms with Crippen molar-refractivity contribution in [3.63, 3.8) is 0 Å². The van der Waals surface area contributed by atoms with E-state index in [1.165, 1.54) is 0 Å². The highest BCUT2D eigenvalue weighted by molar-refractivity contribution is 6.36. The summed E-state index contributed by atoms with van der Waals surface area (Å²) in [6.07, 6.45) is 2.11. The number of pyridine rings is 1. The van der Waals surface area contributed by atoms with Crippen molar-refractivity contribution >= 4 is 23.2 Å². The predicted molar refractivity (Wildman–Crippen MR) is 167 cm³/mol. The van der Waals surface area contributed by atoms with E-state index >= 15 is 0 Å². The summed E-state index contributed by atoms with van der Waals surface area (Å²) in [6, 6.07) is 16.1. The van der Waals surface area contributed by atoms with E-state index in [1.807, 2.05) is 59.0 Å². The van der Waals surface area contributed by atoms with Gasteiger partial charge in [-0.1, -0.05) is 48.0 Å². The fraction of sp³-hybridized carbons (Fsp3) is 0.364. The molecule has 7 rings (SSSR count). The third kappa shape index (κ3) is 5.00. The van der Waals surface area contributed by atoms with Crippen molar-refractivity contribution in [1.29, 1.82) is 0 Å². The number of fused-ring (bicyclic) bond motifs is 2. The Hall–Kier alpha value is -3.76. The summed E-state index contributed by atoms with van der Waals surface area (Å²) in [5.74, 6) is 0.964. The Morgan fingerprint density at radius 1 is 1.07 bits per heavy atom. The Balaban J connectivity index is 1.20. The largest absolute Gasteiger partial charge is 0.481 e. The van der Waals surface area contributed by atoms with Crippen LogP contribution in [-0.2, 0) is 33.0 Å². The third-order valence-corrected chi connectivity index (χ3v) is 9.34. The highest BCUT2D eigenvalue weighted by Gasteiger charge is 2.32. The molecule has 3 aliphatic rings. The maximum Gasteiger partial charge on any atom is 0.294 e. The van der Waals surface area contributed by atoms with E-state index in [-0.39, 0.29) is 12.0 Å². The van der Waals surface area contributed by atoms with Gasteiger partial charge in [0.15, 0.2) is 5.82 Å². The fourth-order valence-electron chi connectivity index (χ4n) is 6.72. The minimum absolute atomic E-state index is 0.0764. The Kier molecular flexibility index (Phi) is 7.43. The lowest BCUT2D eigenvalue weighted by molar-refractivity contribution is 0.0976. The molecule has 0 radical (unpaired) electrons. The number of amides is 1. The number of nitrogens with one attached hydrogen (secondary N) is 1. The summed E-state index contributed by atoms with van der Waals surface area (Å²) in [4.78, 5) is 27.4. The van der Waals surface area contributed by atoms with Gasteiger partial charge in [0.2, 0.25) is 5.88 Å². The van der Waals surface area contributed by atoms with Gasteiger partial charge in [-0.2, -0.15) is 0 Å². The molecule has 0 saturated carbocycles. The number of ether oxygens (including phenoxy) is 1. The molecule has 0 unspecified atom stereocenters. The van der Waals surface area contributed by atoms with Gasteiger partial charge in [0.1, 0.15) is 0 Å². The van der Waals surface area contributed by atoms with Crippen molar-refractivity contribution in [3.05, 3.63) is 81.9 Å². The monoisotopic (exact) mass is 598 g/mol. The normalized spacial score (nSPS) is 18.1. The number of hydrogen-bond donors (Lipinski definition) is 2. The highest BCUT2D eigenvalue weighted by Crippen LogP contribution is 2.42. The molecule has 0 bridgehead atoms. The number of aliphatic hydroxyl groups is 1. The smallest absolute Gasteiger partial charge is 0.294 e. The predicted octanol–water partition coefficient (Wildman–Crippen LogP) is 4.23. The van der Waals surface area contributed by atoms with E-state index in [1.54, 1.807) is 7.11 Å². The molecule has 1 atom stereocenters. The van der Waals surface area contributed by atoms with Crippen molar-refractivity contribution in [2.24, 2.45) is 7.05 Å². The first-order chi connectivity index (χ1) is 20.9. The first kappa shape index (κ1) is 28.0. The van der Waals surface area contributed by atoms with Crippen LogP contribution in [0.1, 0.15) is 39.6 Å². The van der Waals surface area contributed by atoms with Crippen molar-refractivity contribution in [2.75, 3.05) is 38.2 Å². The number of hydrogen-bond acceptors (Lipinski definition) is 7. The molecule has 4 aromatic rings. The lowest BCUT2D eigenvalue weighted by Gasteiger charge is -2.19. The average Bonchev–Trinajstić information content (AvgIpc) is 3.74.